The summed E-state index contributed by atoms with van der Waals surface area (Å²) in [6.45, 7) is 8.85. The lowest BCUT2D eigenvalue weighted by Gasteiger charge is -2.45. The van der Waals surface area contributed by atoms with Crippen LogP contribution in [0.2, 0.25) is 5.02 Å². The van der Waals surface area contributed by atoms with E-state index in [-0.39, 0.29) is 18.2 Å². The number of rotatable bonds is 6. The molecule has 0 bridgehead atoms. The first-order chi connectivity index (χ1) is 11.3. The Morgan fingerprint density at radius 1 is 1.38 bits per heavy atom. The van der Waals surface area contributed by atoms with Crippen LogP contribution in [-0.2, 0) is 16.0 Å². The summed E-state index contributed by atoms with van der Waals surface area (Å²) in [6.07, 6.45) is 0.478. The predicted molar refractivity (Wildman–Crippen MR) is 95.3 cm³/mol. The van der Waals surface area contributed by atoms with E-state index in [2.05, 4.69) is 10.6 Å². The SMILES string of the molecule is CCOC1CC(NC(=O)OC(C)(C)C)C1NCc1cccc(Cl)c1. The van der Waals surface area contributed by atoms with Crippen LogP contribution in [0.1, 0.15) is 39.7 Å². The molecule has 0 aromatic heterocycles. The first-order valence-electron chi connectivity index (χ1n) is 8.37. The lowest BCUT2D eigenvalue weighted by Crippen LogP contribution is -2.66. The number of benzene rings is 1. The molecule has 0 heterocycles. The lowest BCUT2D eigenvalue weighted by atomic mass is 9.82. The van der Waals surface area contributed by atoms with Gasteiger partial charge in [0, 0.05) is 18.2 Å². The number of hydrogen-bond donors (Lipinski definition) is 2. The number of carbonyl (C=O) groups excluding carboxylic acids is 1. The highest BCUT2D eigenvalue weighted by atomic mass is 35.5. The van der Waals surface area contributed by atoms with Gasteiger partial charge in [-0.2, -0.15) is 0 Å². The number of amides is 1. The van der Waals surface area contributed by atoms with Gasteiger partial charge in [-0.05, 0) is 51.8 Å². The van der Waals surface area contributed by atoms with Gasteiger partial charge in [-0.15, -0.1) is 0 Å². The predicted octanol–water partition coefficient (Wildman–Crippen LogP) is 3.50. The second-order valence-electron chi connectivity index (χ2n) is 7.02. The van der Waals surface area contributed by atoms with Crippen molar-refractivity contribution >= 4 is 17.7 Å². The van der Waals surface area contributed by atoms with Gasteiger partial charge >= 0.3 is 6.09 Å². The Hall–Kier alpha value is -1.30. The van der Waals surface area contributed by atoms with Gasteiger partial charge in [0.25, 0.3) is 0 Å². The maximum atomic E-state index is 12.0. The Morgan fingerprint density at radius 2 is 2.12 bits per heavy atom. The minimum Gasteiger partial charge on any atom is -0.444 e. The van der Waals surface area contributed by atoms with Gasteiger partial charge < -0.3 is 20.1 Å². The van der Waals surface area contributed by atoms with Crippen LogP contribution in [0, 0.1) is 0 Å². The van der Waals surface area contributed by atoms with Crippen molar-refractivity contribution in [3.05, 3.63) is 34.9 Å². The quantitative estimate of drug-likeness (QED) is 0.820. The van der Waals surface area contributed by atoms with Crippen LogP contribution in [0.4, 0.5) is 4.79 Å². The van der Waals surface area contributed by atoms with Crippen molar-refractivity contribution in [3.63, 3.8) is 0 Å². The minimum atomic E-state index is -0.503. The molecule has 1 aliphatic carbocycles. The maximum Gasteiger partial charge on any atom is 0.407 e. The molecule has 6 heteroatoms. The third-order valence-corrected chi connectivity index (χ3v) is 4.07. The van der Waals surface area contributed by atoms with Gasteiger partial charge in [0.1, 0.15) is 5.60 Å². The normalized spacial score (nSPS) is 23.5. The molecule has 0 spiro atoms. The third kappa shape index (κ3) is 5.65. The summed E-state index contributed by atoms with van der Waals surface area (Å²) in [5, 5.41) is 7.11. The molecular formula is C18H27ClN2O3. The van der Waals surface area contributed by atoms with Crippen LogP contribution in [0.15, 0.2) is 24.3 Å². The van der Waals surface area contributed by atoms with Crippen LogP contribution >= 0.6 is 11.6 Å². The van der Waals surface area contributed by atoms with Crippen LogP contribution < -0.4 is 10.6 Å². The summed E-state index contributed by atoms with van der Waals surface area (Å²) in [4.78, 5) is 12.0. The van der Waals surface area contributed by atoms with E-state index in [1.54, 1.807) is 0 Å². The first kappa shape index (κ1) is 19.0. The molecule has 0 aliphatic heterocycles. The summed E-state index contributed by atoms with van der Waals surface area (Å²) < 4.78 is 11.1. The minimum absolute atomic E-state index is 0.00409. The smallest absolute Gasteiger partial charge is 0.407 e. The Labute approximate surface area is 149 Å². The largest absolute Gasteiger partial charge is 0.444 e. The summed E-state index contributed by atoms with van der Waals surface area (Å²) in [5.74, 6) is 0. The Bertz CT molecular complexity index is 559. The fraction of sp³-hybridized carbons (Fsp3) is 0.611. The van der Waals surface area contributed by atoms with Gasteiger partial charge in [-0.25, -0.2) is 4.79 Å². The van der Waals surface area contributed by atoms with E-state index in [9.17, 15) is 4.79 Å². The molecule has 1 aliphatic rings. The van der Waals surface area contributed by atoms with E-state index in [0.717, 1.165) is 12.0 Å². The van der Waals surface area contributed by atoms with E-state index in [1.807, 2.05) is 52.0 Å². The van der Waals surface area contributed by atoms with E-state index >= 15 is 0 Å². The highest BCUT2D eigenvalue weighted by molar-refractivity contribution is 6.30. The molecule has 134 valence electrons. The number of alkyl carbamates (subject to hydrolysis) is 1. The van der Waals surface area contributed by atoms with Gasteiger partial charge in [0.2, 0.25) is 0 Å². The van der Waals surface area contributed by atoms with Gasteiger partial charge in [0.15, 0.2) is 0 Å². The molecule has 1 amide bonds. The van der Waals surface area contributed by atoms with E-state index in [1.165, 1.54) is 0 Å². The zero-order valence-corrected chi connectivity index (χ0v) is 15.5. The Morgan fingerprint density at radius 3 is 2.75 bits per heavy atom. The summed E-state index contributed by atoms with van der Waals surface area (Å²) in [6, 6.07) is 7.77. The van der Waals surface area contributed by atoms with Crippen molar-refractivity contribution in [1.29, 1.82) is 0 Å². The van der Waals surface area contributed by atoms with E-state index in [0.29, 0.717) is 18.2 Å². The number of carbonyl (C=O) groups is 1. The highest BCUT2D eigenvalue weighted by Gasteiger charge is 2.42. The summed E-state index contributed by atoms with van der Waals surface area (Å²) in [5.41, 5.74) is 0.595. The highest BCUT2D eigenvalue weighted by Crippen LogP contribution is 2.25. The summed E-state index contributed by atoms with van der Waals surface area (Å²) >= 11 is 6.02. The van der Waals surface area contributed by atoms with Gasteiger partial charge in [-0.3, -0.25) is 0 Å². The molecule has 2 N–H and O–H groups in total. The average molecular weight is 355 g/mol. The molecule has 3 unspecified atom stereocenters. The standard InChI is InChI=1S/C18H27ClN2O3/c1-5-23-15-10-14(21-17(22)24-18(2,3)4)16(15)20-11-12-7-6-8-13(19)9-12/h6-9,14-16,20H,5,10-11H2,1-4H3,(H,21,22). The topological polar surface area (TPSA) is 59.6 Å². The van der Waals surface area contributed by atoms with E-state index < -0.39 is 11.7 Å². The second-order valence-corrected chi connectivity index (χ2v) is 7.46. The number of halogens is 1. The number of hydrogen-bond acceptors (Lipinski definition) is 4. The average Bonchev–Trinajstić information content (AvgIpc) is 2.44. The zero-order chi connectivity index (χ0) is 17.7. The van der Waals surface area contributed by atoms with Crippen molar-refractivity contribution in [3.8, 4) is 0 Å². The molecule has 0 saturated heterocycles. The van der Waals surface area contributed by atoms with Crippen molar-refractivity contribution in [1.82, 2.24) is 10.6 Å². The summed E-state index contributed by atoms with van der Waals surface area (Å²) in [7, 11) is 0. The van der Waals surface area contributed by atoms with Crippen molar-refractivity contribution in [2.75, 3.05) is 6.61 Å². The van der Waals surface area contributed by atoms with Crippen LogP contribution in [0.5, 0.6) is 0 Å². The number of ether oxygens (including phenoxy) is 2. The fourth-order valence-corrected chi connectivity index (χ4v) is 2.97. The zero-order valence-electron chi connectivity index (χ0n) is 14.8. The van der Waals surface area contributed by atoms with Gasteiger partial charge in [0.05, 0.1) is 18.2 Å². The molecule has 3 atom stereocenters. The molecule has 1 aromatic carbocycles. The fourth-order valence-electron chi connectivity index (χ4n) is 2.76. The third-order valence-electron chi connectivity index (χ3n) is 3.83. The van der Waals surface area contributed by atoms with Crippen molar-refractivity contribution < 1.29 is 14.3 Å². The molecule has 1 aromatic rings. The van der Waals surface area contributed by atoms with Crippen LogP contribution in [0.3, 0.4) is 0 Å². The maximum absolute atomic E-state index is 12.0. The first-order valence-corrected chi connectivity index (χ1v) is 8.75. The van der Waals surface area contributed by atoms with Crippen molar-refractivity contribution in [2.45, 2.75) is 64.4 Å². The van der Waals surface area contributed by atoms with E-state index in [4.69, 9.17) is 21.1 Å². The van der Waals surface area contributed by atoms with Gasteiger partial charge in [-0.1, -0.05) is 23.7 Å². The van der Waals surface area contributed by atoms with Crippen molar-refractivity contribution in [2.24, 2.45) is 0 Å². The molecule has 2 rings (SSSR count). The molecular weight excluding hydrogens is 328 g/mol. The Balaban J connectivity index is 1.90. The molecule has 1 fully saturated rings. The van der Waals surface area contributed by atoms with Crippen LogP contribution in [-0.4, -0.2) is 36.5 Å². The number of nitrogens with one attached hydrogen (secondary N) is 2. The van der Waals surface area contributed by atoms with Crippen LogP contribution in [0.25, 0.3) is 0 Å². The molecule has 24 heavy (non-hydrogen) atoms. The Kier molecular flexibility index (Phi) is 6.49. The monoisotopic (exact) mass is 354 g/mol. The lowest BCUT2D eigenvalue weighted by molar-refractivity contribution is -0.0438. The molecule has 0 radical (unpaired) electrons. The second kappa shape index (κ2) is 8.19. The molecule has 1 saturated carbocycles. The molecule has 5 nitrogen and oxygen atoms in total.